The van der Waals surface area contributed by atoms with Gasteiger partial charge in [-0.25, -0.2) is 0 Å². The molecule has 0 aliphatic heterocycles. The molecule has 0 aromatic rings. The van der Waals surface area contributed by atoms with Crippen LogP contribution in [0.25, 0.3) is 0 Å². The van der Waals surface area contributed by atoms with E-state index in [9.17, 15) is 4.79 Å². The molecule has 0 radical (unpaired) electrons. The van der Waals surface area contributed by atoms with Gasteiger partial charge in [-0.15, -0.1) is 0 Å². The van der Waals surface area contributed by atoms with Gasteiger partial charge in [0.15, 0.2) is 0 Å². The van der Waals surface area contributed by atoms with Crippen molar-refractivity contribution in [2.45, 2.75) is 117 Å². The number of carbonyl (C=O) groups excluding carboxylic acids is 1. The van der Waals surface area contributed by atoms with E-state index in [1.54, 1.807) is 0 Å². The summed E-state index contributed by atoms with van der Waals surface area (Å²) in [5, 5.41) is 0. The Labute approximate surface area is 151 Å². The number of hydrogen-bond acceptors (Lipinski definition) is 1. The van der Waals surface area contributed by atoms with E-state index in [4.69, 9.17) is 0 Å². The van der Waals surface area contributed by atoms with Crippen molar-refractivity contribution in [1.82, 2.24) is 0 Å². The molecule has 1 heteroatoms. The molecule has 0 spiro atoms. The molecule has 0 saturated heterocycles. The van der Waals surface area contributed by atoms with E-state index in [2.05, 4.69) is 13.8 Å². The summed E-state index contributed by atoms with van der Waals surface area (Å²) < 4.78 is 0. The first-order chi connectivity index (χ1) is 11.7. The highest BCUT2D eigenvalue weighted by Crippen LogP contribution is 2.42. The molecule has 2 atom stereocenters. The lowest BCUT2D eigenvalue weighted by atomic mass is 9.68. The fourth-order valence-corrected chi connectivity index (χ4v) is 5.25. The van der Waals surface area contributed by atoms with Crippen LogP contribution in [0.3, 0.4) is 0 Å². The summed E-state index contributed by atoms with van der Waals surface area (Å²) in [7, 11) is 0. The molecule has 140 valence electrons. The van der Waals surface area contributed by atoms with Gasteiger partial charge in [0, 0.05) is 12.3 Å². The Kier molecular flexibility index (Phi) is 9.43. The number of carbonyl (C=O) groups is 1. The number of Topliss-reactive ketones (excluding diaryl/α,β-unsaturated/α-hetero) is 1. The van der Waals surface area contributed by atoms with Crippen LogP contribution in [0.4, 0.5) is 0 Å². The normalized spacial score (nSPS) is 31.3. The predicted molar refractivity (Wildman–Crippen MR) is 104 cm³/mol. The molecule has 2 rings (SSSR count). The second kappa shape index (κ2) is 11.3. The van der Waals surface area contributed by atoms with Crippen molar-refractivity contribution in [1.29, 1.82) is 0 Å². The summed E-state index contributed by atoms with van der Waals surface area (Å²) in [6, 6.07) is 0. The smallest absolute Gasteiger partial charge is 0.136 e. The zero-order valence-electron chi connectivity index (χ0n) is 16.5. The lowest BCUT2D eigenvalue weighted by molar-refractivity contribution is -0.127. The fraction of sp³-hybridized carbons (Fsp3) is 0.957. The number of rotatable bonds is 10. The van der Waals surface area contributed by atoms with Gasteiger partial charge >= 0.3 is 0 Å². The number of unbranched alkanes of at least 4 members (excludes halogenated alkanes) is 5. The lowest BCUT2D eigenvalue weighted by Crippen LogP contribution is -2.31. The monoisotopic (exact) mass is 334 g/mol. The molecule has 2 unspecified atom stereocenters. The van der Waals surface area contributed by atoms with Crippen LogP contribution in [-0.2, 0) is 4.79 Å². The molecule has 2 aliphatic carbocycles. The lowest BCUT2D eigenvalue weighted by Gasteiger charge is -2.37. The van der Waals surface area contributed by atoms with Crippen LogP contribution in [0.15, 0.2) is 0 Å². The molecule has 2 aliphatic rings. The maximum atomic E-state index is 12.4. The second-order valence-electron chi connectivity index (χ2n) is 8.83. The minimum absolute atomic E-state index is 0.417. The van der Waals surface area contributed by atoms with Crippen molar-refractivity contribution in [2.75, 3.05) is 0 Å². The average molecular weight is 335 g/mol. The molecule has 2 saturated carbocycles. The Morgan fingerprint density at radius 2 is 1.38 bits per heavy atom. The Morgan fingerprint density at radius 1 is 0.708 bits per heavy atom. The van der Waals surface area contributed by atoms with Crippen LogP contribution in [0, 0.1) is 23.7 Å². The first kappa shape index (κ1) is 20.0. The summed E-state index contributed by atoms with van der Waals surface area (Å²) in [5.41, 5.74) is 0. The van der Waals surface area contributed by atoms with Gasteiger partial charge in [0.05, 0.1) is 0 Å². The highest BCUT2D eigenvalue weighted by atomic mass is 16.1. The quantitative estimate of drug-likeness (QED) is 0.382. The average Bonchev–Trinajstić information content (AvgIpc) is 2.61. The topological polar surface area (TPSA) is 17.1 Å². The highest BCUT2D eigenvalue weighted by Gasteiger charge is 2.34. The van der Waals surface area contributed by atoms with E-state index in [1.165, 1.54) is 89.9 Å². The van der Waals surface area contributed by atoms with Crippen LogP contribution in [-0.4, -0.2) is 5.78 Å². The summed E-state index contributed by atoms with van der Waals surface area (Å²) in [4.78, 5) is 12.4. The van der Waals surface area contributed by atoms with E-state index < -0.39 is 0 Å². The molecule has 2 fully saturated rings. The summed E-state index contributed by atoms with van der Waals surface area (Å²) in [6.07, 6.45) is 21.4. The van der Waals surface area contributed by atoms with Gasteiger partial charge in [-0.1, -0.05) is 78.1 Å². The summed E-state index contributed by atoms with van der Waals surface area (Å²) >= 11 is 0. The van der Waals surface area contributed by atoms with E-state index in [0.717, 1.165) is 30.6 Å². The van der Waals surface area contributed by atoms with Crippen LogP contribution >= 0.6 is 0 Å². The van der Waals surface area contributed by atoms with Gasteiger partial charge < -0.3 is 0 Å². The summed E-state index contributed by atoms with van der Waals surface area (Å²) in [5.74, 6) is 3.64. The van der Waals surface area contributed by atoms with E-state index >= 15 is 0 Å². The molecule has 0 aromatic carbocycles. The largest absolute Gasteiger partial charge is 0.299 e. The highest BCUT2D eigenvalue weighted by molar-refractivity contribution is 5.81. The maximum absolute atomic E-state index is 12.4. The molecule has 0 N–H and O–H groups in total. The molecule has 0 amide bonds. The Balaban J connectivity index is 1.61. The third-order valence-corrected chi connectivity index (χ3v) is 6.98. The first-order valence-corrected chi connectivity index (χ1v) is 11.3. The fourth-order valence-electron chi connectivity index (χ4n) is 5.25. The van der Waals surface area contributed by atoms with Crippen molar-refractivity contribution < 1.29 is 4.79 Å². The number of ketones is 1. The standard InChI is InChI=1S/C23H42O/c1-3-5-7-8-9-10-19-12-14-20(15-13-19)22-17-16-21(11-6-4-2)23(24)18-22/h19-22H,3-18H2,1-2H3. The molecule has 24 heavy (non-hydrogen) atoms. The predicted octanol–water partition coefficient (Wildman–Crippen LogP) is 7.33. The van der Waals surface area contributed by atoms with Crippen molar-refractivity contribution >= 4 is 5.78 Å². The zero-order valence-corrected chi connectivity index (χ0v) is 16.5. The molecular formula is C23H42O. The van der Waals surface area contributed by atoms with Crippen molar-refractivity contribution in [3.63, 3.8) is 0 Å². The minimum atomic E-state index is 0.417. The van der Waals surface area contributed by atoms with E-state index in [0.29, 0.717) is 11.7 Å². The van der Waals surface area contributed by atoms with E-state index in [-0.39, 0.29) is 0 Å². The molecule has 0 aromatic heterocycles. The first-order valence-electron chi connectivity index (χ1n) is 11.3. The Hall–Kier alpha value is -0.330. The summed E-state index contributed by atoms with van der Waals surface area (Å²) in [6.45, 7) is 4.53. The molecule has 1 nitrogen and oxygen atoms in total. The van der Waals surface area contributed by atoms with Gasteiger partial charge in [-0.05, 0) is 49.9 Å². The zero-order chi connectivity index (χ0) is 17.2. The molecule has 0 bridgehead atoms. The van der Waals surface area contributed by atoms with Gasteiger partial charge in [-0.3, -0.25) is 4.79 Å². The van der Waals surface area contributed by atoms with Crippen molar-refractivity contribution in [2.24, 2.45) is 23.7 Å². The van der Waals surface area contributed by atoms with Crippen LogP contribution in [0.2, 0.25) is 0 Å². The van der Waals surface area contributed by atoms with Gasteiger partial charge in [-0.2, -0.15) is 0 Å². The maximum Gasteiger partial charge on any atom is 0.136 e. The third kappa shape index (κ3) is 6.52. The van der Waals surface area contributed by atoms with Gasteiger partial charge in [0.1, 0.15) is 5.78 Å². The SMILES string of the molecule is CCCCCCCC1CCC(C2CCC(CCCC)C(=O)C2)CC1. The van der Waals surface area contributed by atoms with Crippen LogP contribution in [0.1, 0.15) is 117 Å². The van der Waals surface area contributed by atoms with Gasteiger partial charge in [0.25, 0.3) is 0 Å². The minimum Gasteiger partial charge on any atom is -0.299 e. The van der Waals surface area contributed by atoms with Crippen LogP contribution in [0.5, 0.6) is 0 Å². The Morgan fingerprint density at radius 3 is 2.04 bits per heavy atom. The second-order valence-corrected chi connectivity index (χ2v) is 8.83. The van der Waals surface area contributed by atoms with Gasteiger partial charge in [0.2, 0.25) is 0 Å². The third-order valence-electron chi connectivity index (χ3n) is 6.98. The number of hydrogen-bond donors (Lipinski definition) is 0. The van der Waals surface area contributed by atoms with Crippen molar-refractivity contribution in [3.8, 4) is 0 Å². The molecule has 0 heterocycles. The van der Waals surface area contributed by atoms with Crippen LogP contribution < -0.4 is 0 Å². The van der Waals surface area contributed by atoms with E-state index in [1.807, 2.05) is 0 Å². The van der Waals surface area contributed by atoms with Crippen molar-refractivity contribution in [3.05, 3.63) is 0 Å². The Bertz CT molecular complexity index is 340. The molecular weight excluding hydrogens is 292 g/mol.